The lowest BCUT2D eigenvalue weighted by Crippen LogP contribution is -2.00. The maximum Gasteiger partial charge on any atom is 0.335 e. The topological polar surface area (TPSA) is 71.5 Å². The van der Waals surface area contributed by atoms with Crippen molar-refractivity contribution in [1.29, 1.82) is 0 Å². The normalized spacial score (nSPS) is 10.4. The largest absolute Gasteiger partial charge is 0.478 e. The van der Waals surface area contributed by atoms with Crippen LogP contribution in [0.15, 0.2) is 72.9 Å². The molecule has 30 heavy (non-hydrogen) atoms. The number of aromatic nitrogens is 1. The van der Waals surface area contributed by atoms with Gasteiger partial charge in [-0.1, -0.05) is 36.3 Å². The predicted octanol–water partition coefficient (Wildman–Crippen LogP) is 5.76. The molecule has 0 fully saturated rings. The monoisotopic (exact) mass is 394 g/mol. The van der Waals surface area contributed by atoms with Gasteiger partial charge in [0.2, 0.25) is 0 Å². The molecule has 0 atom stereocenters. The fraction of sp³-hybridized carbons (Fsp3) is 0.0400. The summed E-state index contributed by atoms with van der Waals surface area (Å²) in [5, 5.41) is 14.5. The van der Waals surface area contributed by atoms with Crippen LogP contribution in [-0.2, 0) is 0 Å². The number of nitrogens with one attached hydrogen (secondary N) is 1. The number of hydrogen-bond acceptors (Lipinski definition) is 4. The molecule has 0 saturated heterocycles. The number of fused-ring (bicyclic) bond motifs is 1. The summed E-state index contributed by atoms with van der Waals surface area (Å²) in [6.07, 6.45) is 7.06. The second-order valence-electron chi connectivity index (χ2n) is 6.78. The summed E-state index contributed by atoms with van der Waals surface area (Å²) in [6, 6.07) is 20.2. The minimum absolute atomic E-state index is 0.103. The molecule has 4 aromatic rings. The minimum atomic E-state index is -1.05. The Hall–Kier alpha value is -4.30. The molecule has 0 aliphatic heterocycles. The van der Waals surface area contributed by atoms with Crippen molar-refractivity contribution in [1.82, 2.24) is 4.98 Å². The summed E-state index contributed by atoms with van der Waals surface area (Å²) in [5.41, 5.74) is 2.29. The molecule has 0 amide bonds. The summed E-state index contributed by atoms with van der Waals surface area (Å²) < 4.78 is 6.13. The molecular weight excluding hydrogens is 376 g/mol. The number of terminal acetylenes is 1. The van der Waals surface area contributed by atoms with Crippen LogP contribution in [0.1, 0.15) is 21.5 Å². The lowest BCUT2D eigenvalue weighted by molar-refractivity contribution is 0.0697. The standard InChI is InChI=1S/C25H18N2O3/c1-3-17-12-18(25(28)29)14-19(13-17)27-24-15-20(10-11-26-24)30-23-9-8-16(2)21-6-4-5-7-22(21)23/h1,4-15H,2H3,(H,26,27)(H,28,29). The number of carbonyl (C=O) groups is 1. The molecule has 3 aromatic carbocycles. The number of carboxylic acids is 1. The average molecular weight is 394 g/mol. The van der Waals surface area contributed by atoms with Crippen LogP contribution < -0.4 is 10.1 Å². The molecule has 0 radical (unpaired) electrons. The van der Waals surface area contributed by atoms with E-state index in [9.17, 15) is 9.90 Å². The van der Waals surface area contributed by atoms with Crippen LogP contribution in [0.2, 0.25) is 0 Å². The van der Waals surface area contributed by atoms with Crippen molar-refractivity contribution in [2.24, 2.45) is 0 Å². The lowest BCUT2D eigenvalue weighted by atomic mass is 10.0. The van der Waals surface area contributed by atoms with Crippen molar-refractivity contribution in [2.45, 2.75) is 6.92 Å². The summed E-state index contributed by atoms with van der Waals surface area (Å²) in [4.78, 5) is 15.6. The quantitative estimate of drug-likeness (QED) is 0.421. The minimum Gasteiger partial charge on any atom is -0.478 e. The van der Waals surface area contributed by atoms with Gasteiger partial charge in [-0.15, -0.1) is 6.42 Å². The molecular formula is C25H18N2O3. The molecule has 146 valence electrons. The Labute approximate surface area is 174 Å². The molecule has 5 nitrogen and oxygen atoms in total. The molecule has 0 aliphatic carbocycles. The van der Waals surface area contributed by atoms with E-state index in [4.69, 9.17) is 11.2 Å². The maximum atomic E-state index is 11.3. The van der Waals surface area contributed by atoms with Gasteiger partial charge in [-0.3, -0.25) is 0 Å². The van der Waals surface area contributed by atoms with E-state index in [0.29, 0.717) is 22.8 Å². The fourth-order valence-electron chi connectivity index (χ4n) is 3.24. The number of aryl methyl sites for hydroxylation is 1. The van der Waals surface area contributed by atoms with Crippen molar-refractivity contribution >= 4 is 28.2 Å². The van der Waals surface area contributed by atoms with Crippen molar-refractivity contribution in [3.63, 3.8) is 0 Å². The summed E-state index contributed by atoms with van der Waals surface area (Å²) in [5.74, 6) is 3.28. The van der Waals surface area contributed by atoms with Gasteiger partial charge < -0.3 is 15.2 Å². The number of nitrogens with zero attached hydrogens (tertiary/aromatic N) is 1. The molecule has 1 aromatic heterocycles. The Morgan fingerprint density at radius 1 is 1.07 bits per heavy atom. The number of hydrogen-bond donors (Lipinski definition) is 2. The zero-order valence-corrected chi connectivity index (χ0v) is 16.2. The van der Waals surface area contributed by atoms with E-state index in [1.807, 2.05) is 30.3 Å². The van der Waals surface area contributed by atoms with Crippen LogP contribution in [0.25, 0.3) is 10.8 Å². The van der Waals surface area contributed by atoms with Crippen molar-refractivity contribution in [2.75, 3.05) is 5.32 Å². The Morgan fingerprint density at radius 3 is 2.63 bits per heavy atom. The Morgan fingerprint density at radius 2 is 1.87 bits per heavy atom. The highest BCUT2D eigenvalue weighted by Crippen LogP contribution is 2.32. The van der Waals surface area contributed by atoms with Gasteiger partial charge in [-0.2, -0.15) is 0 Å². The Kier molecular flexibility index (Phi) is 5.06. The van der Waals surface area contributed by atoms with E-state index in [1.54, 1.807) is 24.4 Å². The van der Waals surface area contributed by atoms with Crippen LogP contribution in [0, 0.1) is 19.3 Å². The molecule has 0 aliphatic rings. The van der Waals surface area contributed by atoms with E-state index >= 15 is 0 Å². The van der Waals surface area contributed by atoms with Crippen LogP contribution in [-0.4, -0.2) is 16.1 Å². The van der Waals surface area contributed by atoms with Crippen LogP contribution in [0.5, 0.6) is 11.5 Å². The molecule has 0 bridgehead atoms. The first-order valence-corrected chi connectivity index (χ1v) is 9.28. The fourth-order valence-corrected chi connectivity index (χ4v) is 3.24. The van der Waals surface area contributed by atoms with E-state index < -0.39 is 5.97 Å². The third-order valence-electron chi connectivity index (χ3n) is 4.68. The van der Waals surface area contributed by atoms with E-state index in [2.05, 4.69) is 29.2 Å². The Balaban J connectivity index is 1.63. The second kappa shape index (κ2) is 7.98. The number of ether oxygens (including phenoxy) is 1. The number of rotatable bonds is 5. The predicted molar refractivity (Wildman–Crippen MR) is 118 cm³/mol. The first-order chi connectivity index (χ1) is 14.5. The van der Waals surface area contributed by atoms with Crippen LogP contribution in [0.4, 0.5) is 11.5 Å². The van der Waals surface area contributed by atoms with E-state index in [0.717, 1.165) is 16.5 Å². The molecule has 1 heterocycles. The third kappa shape index (κ3) is 3.94. The van der Waals surface area contributed by atoms with E-state index in [1.165, 1.54) is 17.7 Å². The smallest absolute Gasteiger partial charge is 0.335 e. The highest BCUT2D eigenvalue weighted by molar-refractivity contribution is 5.91. The van der Waals surface area contributed by atoms with Crippen molar-refractivity contribution in [3.05, 3.63) is 89.6 Å². The van der Waals surface area contributed by atoms with Gasteiger partial charge in [0, 0.05) is 28.9 Å². The molecule has 0 unspecified atom stereocenters. The number of benzene rings is 3. The first-order valence-electron chi connectivity index (χ1n) is 9.28. The Bertz CT molecular complexity index is 1310. The highest BCUT2D eigenvalue weighted by Gasteiger charge is 2.09. The highest BCUT2D eigenvalue weighted by atomic mass is 16.5. The van der Waals surface area contributed by atoms with Crippen molar-refractivity contribution in [3.8, 4) is 23.8 Å². The van der Waals surface area contributed by atoms with Crippen molar-refractivity contribution < 1.29 is 14.6 Å². The van der Waals surface area contributed by atoms with Gasteiger partial charge in [0.1, 0.15) is 17.3 Å². The van der Waals surface area contributed by atoms with Gasteiger partial charge in [0.25, 0.3) is 0 Å². The summed E-state index contributed by atoms with van der Waals surface area (Å²) >= 11 is 0. The van der Waals surface area contributed by atoms with Gasteiger partial charge in [0.05, 0.1) is 5.56 Å². The summed E-state index contributed by atoms with van der Waals surface area (Å²) in [6.45, 7) is 2.07. The van der Waals surface area contributed by atoms with Crippen LogP contribution >= 0.6 is 0 Å². The van der Waals surface area contributed by atoms with Gasteiger partial charge in [-0.05, 0) is 48.2 Å². The molecule has 2 N–H and O–H groups in total. The zero-order valence-electron chi connectivity index (χ0n) is 16.2. The number of anilines is 2. The number of pyridine rings is 1. The SMILES string of the molecule is C#Cc1cc(Nc2cc(Oc3ccc(C)c4ccccc34)ccn2)cc(C(=O)O)c1. The number of carboxylic acid groups (broad SMARTS) is 1. The molecule has 5 heteroatoms. The van der Waals surface area contributed by atoms with Gasteiger partial charge in [0.15, 0.2) is 0 Å². The van der Waals surface area contributed by atoms with E-state index in [-0.39, 0.29) is 5.56 Å². The van der Waals surface area contributed by atoms with Crippen LogP contribution in [0.3, 0.4) is 0 Å². The van der Waals surface area contributed by atoms with Gasteiger partial charge in [-0.25, -0.2) is 9.78 Å². The summed E-state index contributed by atoms with van der Waals surface area (Å²) in [7, 11) is 0. The first kappa shape index (κ1) is 19.0. The second-order valence-corrected chi connectivity index (χ2v) is 6.78. The lowest BCUT2D eigenvalue weighted by Gasteiger charge is -2.12. The zero-order chi connectivity index (χ0) is 21.1. The maximum absolute atomic E-state index is 11.3. The molecule has 0 spiro atoms. The molecule has 0 saturated carbocycles. The average Bonchev–Trinajstić information content (AvgIpc) is 2.76. The number of aromatic carboxylic acids is 1. The van der Waals surface area contributed by atoms with Gasteiger partial charge >= 0.3 is 5.97 Å². The third-order valence-corrected chi connectivity index (χ3v) is 4.68. The molecule has 4 rings (SSSR count).